The van der Waals surface area contributed by atoms with Crippen molar-refractivity contribution < 1.29 is 0 Å². The first kappa shape index (κ1) is 16.7. The minimum atomic E-state index is -0.312. The van der Waals surface area contributed by atoms with Crippen LogP contribution < -0.4 is 5.32 Å². The molecule has 1 saturated heterocycles. The number of rotatable bonds is 4. The number of nitrogens with one attached hydrogen (secondary N) is 1. The number of thioether (sulfide) groups is 1. The highest BCUT2D eigenvalue weighted by Crippen LogP contribution is 2.40. The van der Waals surface area contributed by atoms with Crippen LogP contribution in [0.25, 0.3) is 5.65 Å². The van der Waals surface area contributed by atoms with Crippen LogP contribution in [0.1, 0.15) is 43.2 Å². The number of hydrogen-bond acceptors (Lipinski definition) is 4. The van der Waals surface area contributed by atoms with Crippen LogP contribution in [0.3, 0.4) is 0 Å². The van der Waals surface area contributed by atoms with Crippen LogP contribution in [0, 0.1) is 0 Å². The van der Waals surface area contributed by atoms with Crippen molar-refractivity contribution in [1.29, 1.82) is 0 Å². The van der Waals surface area contributed by atoms with E-state index in [0.29, 0.717) is 5.25 Å². The highest BCUT2D eigenvalue weighted by Gasteiger charge is 2.25. The summed E-state index contributed by atoms with van der Waals surface area (Å²) in [6.45, 7) is 4.25. The number of imidazole rings is 1. The van der Waals surface area contributed by atoms with E-state index in [0.717, 1.165) is 22.1 Å². The highest BCUT2D eigenvalue weighted by molar-refractivity contribution is 7.99. The fourth-order valence-corrected chi connectivity index (χ4v) is 4.81. The van der Waals surface area contributed by atoms with Gasteiger partial charge in [0.1, 0.15) is 0 Å². The monoisotopic (exact) mass is 372 g/mol. The first-order valence-corrected chi connectivity index (χ1v) is 9.95. The van der Waals surface area contributed by atoms with Gasteiger partial charge in [0.25, 0.3) is 0 Å². The number of hydrogen-bond donors (Lipinski definition) is 1. The van der Waals surface area contributed by atoms with Crippen molar-refractivity contribution >= 4 is 34.8 Å². The summed E-state index contributed by atoms with van der Waals surface area (Å²) in [6.07, 6.45) is 8.35. The van der Waals surface area contributed by atoms with E-state index in [2.05, 4.69) is 39.6 Å². The fourth-order valence-electron chi connectivity index (χ4n) is 3.32. The number of halogens is 1. The van der Waals surface area contributed by atoms with Crippen molar-refractivity contribution in [2.24, 2.45) is 0 Å². The third kappa shape index (κ3) is 3.23. The largest absolute Gasteiger partial charge is 0.358 e. The van der Waals surface area contributed by atoms with Crippen molar-refractivity contribution in [1.82, 2.24) is 14.4 Å². The van der Waals surface area contributed by atoms with E-state index in [1.807, 2.05) is 48.6 Å². The predicted molar refractivity (Wildman–Crippen MR) is 106 cm³/mol. The maximum absolute atomic E-state index is 6.16. The van der Waals surface area contributed by atoms with E-state index in [9.17, 15) is 0 Å². The molecule has 1 aliphatic heterocycles. The smallest absolute Gasteiger partial charge is 0.180 e. The van der Waals surface area contributed by atoms with Gasteiger partial charge in [-0.25, -0.2) is 9.97 Å². The van der Waals surface area contributed by atoms with Crippen LogP contribution in [0.15, 0.2) is 42.9 Å². The van der Waals surface area contributed by atoms with E-state index in [4.69, 9.17) is 11.6 Å². The third-order valence-electron chi connectivity index (χ3n) is 4.69. The zero-order chi connectivity index (χ0) is 17.4. The topological polar surface area (TPSA) is 42.2 Å². The molecule has 25 heavy (non-hydrogen) atoms. The molecule has 1 aromatic carbocycles. The van der Waals surface area contributed by atoms with E-state index in [1.165, 1.54) is 24.3 Å². The Hall–Kier alpha value is -1.72. The summed E-state index contributed by atoms with van der Waals surface area (Å²) in [6, 6.07) is 7.92. The number of aromatic nitrogens is 3. The Morgan fingerprint density at radius 2 is 2.20 bits per heavy atom. The molecule has 4 nitrogen and oxygen atoms in total. The van der Waals surface area contributed by atoms with Gasteiger partial charge in [0.2, 0.25) is 0 Å². The lowest BCUT2D eigenvalue weighted by Gasteiger charge is -2.28. The first-order chi connectivity index (χ1) is 12.0. The summed E-state index contributed by atoms with van der Waals surface area (Å²) in [5, 5.41) is 4.82. The van der Waals surface area contributed by atoms with Gasteiger partial charge in [-0.2, -0.15) is 11.8 Å². The molecule has 6 heteroatoms. The average molecular weight is 373 g/mol. The van der Waals surface area contributed by atoms with Crippen molar-refractivity contribution in [3.63, 3.8) is 0 Å². The number of nitrogens with zero attached hydrogens (tertiary/aromatic N) is 3. The van der Waals surface area contributed by atoms with E-state index in [-0.39, 0.29) is 5.54 Å². The lowest BCUT2D eigenvalue weighted by Crippen LogP contribution is -2.28. The molecule has 1 N–H and O–H groups in total. The Morgan fingerprint density at radius 3 is 2.96 bits per heavy atom. The Labute approximate surface area is 157 Å². The number of anilines is 1. The minimum absolute atomic E-state index is 0.312. The van der Waals surface area contributed by atoms with Gasteiger partial charge in [0.15, 0.2) is 11.5 Å². The fraction of sp³-hybridized carbons (Fsp3) is 0.368. The van der Waals surface area contributed by atoms with Crippen LogP contribution in [0.4, 0.5) is 5.82 Å². The second kappa shape index (κ2) is 6.54. The molecular weight excluding hydrogens is 352 g/mol. The molecule has 130 valence electrons. The lowest BCUT2D eigenvalue weighted by molar-refractivity contribution is 0.606. The zero-order valence-corrected chi connectivity index (χ0v) is 15.9. The maximum Gasteiger partial charge on any atom is 0.180 e. The molecule has 0 unspecified atom stereocenters. The Bertz CT molecular complexity index is 899. The van der Waals surface area contributed by atoms with Gasteiger partial charge in [-0.1, -0.05) is 23.7 Å². The van der Waals surface area contributed by atoms with Gasteiger partial charge in [-0.3, -0.25) is 4.40 Å². The molecular formula is C19H21ClN4S. The van der Waals surface area contributed by atoms with E-state index in [1.54, 1.807) is 0 Å². The van der Waals surface area contributed by atoms with Crippen LogP contribution in [0.2, 0.25) is 5.02 Å². The van der Waals surface area contributed by atoms with Gasteiger partial charge in [-0.15, -0.1) is 0 Å². The Kier molecular flexibility index (Phi) is 4.38. The standard InChI is InChI=1S/C19H21ClN4S/c1-19(2,13-5-3-6-14(20)11-13)23-17-18-22-12-15(16-7-4-10-25-16)24(18)9-8-21-17/h3,5-6,8-9,11-12,16H,4,7,10H2,1-2H3,(H,21,23)/t16-/m0/s1. The van der Waals surface area contributed by atoms with Gasteiger partial charge in [0.05, 0.1) is 17.4 Å². The minimum Gasteiger partial charge on any atom is -0.358 e. The normalized spacial score (nSPS) is 18.0. The molecule has 4 rings (SSSR count). The summed E-state index contributed by atoms with van der Waals surface area (Å²) in [5.41, 5.74) is 2.94. The average Bonchev–Trinajstić information content (AvgIpc) is 3.24. The van der Waals surface area contributed by atoms with E-state index < -0.39 is 0 Å². The molecule has 3 aromatic rings. The van der Waals surface area contributed by atoms with E-state index >= 15 is 0 Å². The van der Waals surface area contributed by atoms with Crippen LogP contribution >= 0.6 is 23.4 Å². The molecule has 0 amide bonds. The molecule has 0 radical (unpaired) electrons. The first-order valence-electron chi connectivity index (χ1n) is 8.52. The SMILES string of the molecule is CC(C)(Nc1nccn2c([C@@H]3CCCS3)cnc12)c1cccc(Cl)c1. The molecule has 0 saturated carbocycles. The second-order valence-corrected chi connectivity index (χ2v) is 8.66. The Balaban J connectivity index is 1.69. The molecule has 1 aliphatic rings. The molecule has 0 aliphatic carbocycles. The predicted octanol–water partition coefficient (Wildman–Crippen LogP) is 5.30. The van der Waals surface area contributed by atoms with Crippen molar-refractivity contribution in [2.75, 3.05) is 11.1 Å². The van der Waals surface area contributed by atoms with Gasteiger partial charge < -0.3 is 5.32 Å². The summed E-state index contributed by atoms with van der Waals surface area (Å²) >= 11 is 8.18. The molecule has 0 spiro atoms. The van der Waals surface area contributed by atoms with Crippen molar-refractivity contribution in [3.05, 3.63) is 59.1 Å². The number of benzene rings is 1. The summed E-state index contributed by atoms with van der Waals surface area (Å²) in [4.78, 5) is 9.20. The van der Waals surface area contributed by atoms with Gasteiger partial charge in [0, 0.05) is 22.7 Å². The van der Waals surface area contributed by atoms with Crippen molar-refractivity contribution in [2.45, 2.75) is 37.5 Å². The highest BCUT2D eigenvalue weighted by atomic mass is 35.5. The van der Waals surface area contributed by atoms with Crippen molar-refractivity contribution in [3.8, 4) is 0 Å². The third-order valence-corrected chi connectivity index (χ3v) is 6.33. The zero-order valence-electron chi connectivity index (χ0n) is 14.4. The molecule has 1 atom stereocenters. The molecule has 3 heterocycles. The van der Waals surface area contributed by atoms with Crippen LogP contribution in [0.5, 0.6) is 0 Å². The van der Waals surface area contributed by atoms with Crippen LogP contribution in [-0.4, -0.2) is 20.1 Å². The molecule has 2 aromatic heterocycles. The quantitative estimate of drug-likeness (QED) is 0.674. The second-order valence-electron chi connectivity index (χ2n) is 6.91. The summed E-state index contributed by atoms with van der Waals surface area (Å²) < 4.78 is 2.17. The van der Waals surface area contributed by atoms with Gasteiger partial charge in [-0.05, 0) is 50.1 Å². The number of fused-ring (bicyclic) bond motifs is 1. The lowest BCUT2D eigenvalue weighted by atomic mass is 9.94. The maximum atomic E-state index is 6.16. The van der Waals surface area contributed by atoms with Crippen LogP contribution in [-0.2, 0) is 5.54 Å². The van der Waals surface area contributed by atoms with Gasteiger partial charge >= 0.3 is 0 Å². The molecule has 1 fully saturated rings. The molecule has 0 bridgehead atoms. The summed E-state index contributed by atoms with van der Waals surface area (Å²) in [7, 11) is 0. The summed E-state index contributed by atoms with van der Waals surface area (Å²) in [5.74, 6) is 2.03. The Morgan fingerprint density at radius 1 is 1.32 bits per heavy atom.